The Morgan fingerprint density at radius 2 is 2.03 bits per heavy atom. The zero-order chi connectivity index (χ0) is 22.3. The number of imidazole rings is 1. The Hall–Kier alpha value is -3.18. The molecule has 0 radical (unpaired) electrons. The number of benzene rings is 1. The third-order valence-corrected chi connectivity index (χ3v) is 6.67. The number of primary amides is 1. The molecule has 1 aromatic carbocycles. The fourth-order valence-corrected chi connectivity index (χ4v) is 4.96. The van der Waals surface area contributed by atoms with Gasteiger partial charge in [-0.15, -0.1) is 11.3 Å². The fourth-order valence-electron chi connectivity index (χ4n) is 3.33. The smallest absolute Gasteiger partial charge is 0.349 e. The first-order chi connectivity index (χ1) is 14.9. The lowest BCUT2D eigenvalue weighted by Crippen LogP contribution is -2.12. The van der Waals surface area contributed by atoms with Crippen LogP contribution in [0.3, 0.4) is 0 Å². The van der Waals surface area contributed by atoms with Gasteiger partial charge in [0.2, 0.25) is 5.88 Å². The van der Waals surface area contributed by atoms with Crippen molar-refractivity contribution in [2.45, 2.75) is 6.92 Å². The summed E-state index contributed by atoms with van der Waals surface area (Å²) < 4.78 is 17.6. The number of methoxy groups -OCH3 is 2. The molecule has 4 aromatic rings. The molecule has 0 saturated heterocycles. The second kappa shape index (κ2) is 8.16. The summed E-state index contributed by atoms with van der Waals surface area (Å²) in [7, 11) is 2.94. The molecule has 4 rings (SSSR count). The topological polar surface area (TPSA) is 129 Å². The van der Waals surface area contributed by atoms with E-state index in [1.165, 1.54) is 25.6 Å². The van der Waals surface area contributed by atoms with Crippen molar-refractivity contribution in [3.63, 3.8) is 0 Å². The fraction of sp³-hybridized carbons (Fsp3) is 0.200. The molecule has 0 aliphatic carbocycles. The molecule has 9 nitrogen and oxygen atoms in total. The van der Waals surface area contributed by atoms with Crippen LogP contribution in [0.4, 0.5) is 0 Å². The minimum absolute atomic E-state index is 0.204. The number of nitrogens with two attached hydrogens (primary N) is 1. The number of hydrogen-bond acceptors (Lipinski definition) is 8. The number of nitrogens with one attached hydrogen (secondary N) is 1. The SMILES string of the molecule is CCOC(=O)c1sc2c(Br)cnc(OC)c2c1-c1nc2c(OC)c(C(N)=O)ccc2[nH]1. The minimum Gasteiger partial charge on any atom is -0.494 e. The molecule has 0 spiro atoms. The number of esters is 1. The van der Waals surface area contributed by atoms with Crippen LogP contribution in [-0.2, 0) is 4.74 Å². The van der Waals surface area contributed by atoms with E-state index in [0.29, 0.717) is 43.0 Å². The Kier molecular flexibility index (Phi) is 5.54. The van der Waals surface area contributed by atoms with Crippen molar-refractivity contribution in [1.29, 1.82) is 0 Å². The summed E-state index contributed by atoms with van der Waals surface area (Å²) in [5.41, 5.74) is 7.17. The Balaban J connectivity index is 2.08. The molecule has 0 bridgehead atoms. The van der Waals surface area contributed by atoms with Crippen molar-refractivity contribution < 1.29 is 23.8 Å². The van der Waals surface area contributed by atoms with Crippen molar-refractivity contribution in [2.75, 3.05) is 20.8 Å². The van der Waals surface area contributed by atoms with Gasteiger partial charge in [0.1, 0.15) is 16.2 Å². The van der Waals surface area contributed by atoms with Crippen LogP contribution in [0.2, 0.25) is 0 Å². The first kappa shape index (κ1) is 21.1. The van der Waals surface area contributed by atoms with Gasteiger partial charge in [0.25, 0.3) is 5.91 Å². The molecular formula is C20H17BrN4O5S. The molecule has 1 amide bonds. The predicted octanol–water partition coefficient (Wildman–Crippen LogP) is 3.89. The second-order valence-electron chi connectivity index (χ2n) is 6.34. The average Bonchev–Trinajstić information content (AvgIpc) is 3.35. The van der Waals surface area contributed by atoms with Crippen LogP contribution in [0.5, 0.6) is 11.6 Å². The molecule has 0 saturated carbocycles. The van der Waals surface area contributed by atoms with E-state index in [9.17, 15) is 9.59 Å². The summed E-state index contributed by atoms with van der Waals surface area (Å²) in [4.78, 5) is 37.1. The van der Waals surface area contributed by atoms with Crippen LogP contribution in [0.15, 0.2) is 22.8 Å². The third-order valence-electron chi connectivity index (χ3n) is 4.60. The lowest BCUT2D eigenvalue weighted by molar-refractivity contribution is 0.0532. The van der Waals surface area contributed by atoms with Gasteiger partial charge in [0.05, 0.1) is 52.0 Å². The largest absolute Gasteiger partial charge is 0.494 e. The molecular weight excluding hydrogens is 488 g/mol. The maximum absolute atomic E-state index is 12.8. The standard InChI is InChI=1S/C20H17BrN4O5S/c1-4-30-20(27)16-11(12-15(31-16)9(21)7-23-19(12)29-3)18-24-10-6-5-8(17(22)26)14(28-2)13(10)25-18/h5-7H,4H2,1-3H3,(H2,22,26)(H,24,25). The number of ether oxygens (including phenoxy) is 3. The molecule has 3 aromatic heterocycles. The van der Waals surface area contributed by atoms with Crippen LogP contribution >= 0.6 is 27.3 Å². The van der Waals surface area contributed by atoms with Gasteiger partial charge in [-0.3, -0.25) is 4.79 Å². The molecule has 11 heteroatoms. The molecule has 0 unspecified atom stereocenters. The predicted molar refractivity (Wildman–Crippen MR) is 120 cm³/mol. The van der Waals surface area contributed by atoms with E-state index >= 15 is 0 Å². The number of halogens is 1. The summed E-state index contributed by atoms with van der Waals surface area (Å²) in [5.74, 6) is -0.159. The van der Waals surface area contributed by atoms with E-state index in [4.69, 9.17) is 19.9 Å². The number of carbonyl (C=O) groups is 2. The molecule has 3 heterocycles. The molecule has 31 heavy (non-hydrogen) atoms. The van der Waals surface area contributed by atoms with Gasteiger partial charge in [0, 0.05) is 6.20 Å². The van der Waals surface area contributed by atoms with E-state index in [-0.39, 0.29) is 17.9 Å². The number of aromatic amines is 1. The highest BCUT2D eigenvalue weighted by molar-refractivity contribution is 9.10. The van der Waals surface area contributed by atoms with Crippen molar-refractivity contribution in [3.05, 3.63) is 33.2 Å². The number of pyridine rings is 1. The zero-order valence-electron chi connectivity index (χ0n) is 16.7. The van der Waals surface area contributed by atoms with E-state index < -0.39 is 11.9 Å². The van der Waals surface area contributed by atoms with E-state index in [0.717, 1.165) is 4.70 Å². The second-order valence-corrected chi connectivity index (χ2v) is 8.21. The normalized spacial score (nSPS) is 11.1. The van der Waals surface area contributed by atoms with E-state index in [1.807, 2.05) is 0 Å². The maximum atomic E-state index is 12.8. The highest BCUT2D eigenvalue weighted by Crippen LogP contribution is 2.45. The molecule has 0 aliphatic rings. The monoisotopic (exact) mass is 504 g/mol. The first-order valence-electron chi connectivity index (χ1n) is 9.10. The van der Waals surface area contributed by atoms with Crippen molar-refractivity contribution >= 4 is 60.3 Å². The Morgan fingerprint density at radius 3 is 2.68 bits per heavy atom. The van der Waals surface area contributed by atoms with Gasteiger partial charge < -0.3 is 24.9 Å². The lowest BCUT2D eigenvalue weighted by Gasteiger charge is -2.05. The molecule has 3 N–H and O–H groups in total. The minimum atomic E-state index is -0.633. The summed E-state index contributed by atoms with van der Waals surface area (Å²) >= 11 is 4.73. The quantitative estimate of drug-likeness (QED) is 0.380. The van der Waals surface area contributed by atoms with Crippen molar-refractivity contribution in [2.24, 2.45) is 5.73 Å². The Labute approximate surface area is 188 Å². The molecule has 160 valence electrons. The maximum Gasteiger partial charge on any atom is 0.349 e. The number of H-pyrrole nitrogens is 1. The van der Waals surface area contributed by atoms with Crippen molar-refractivity contribution in [3.8, 4) is 23.0 Å². The van der Waals surface area contributed by atoms with Gasteiger partial charge in [-0.25, -0.2) is 14.8 Å². The highest BCUT2D eigenvalue weighted by atomic mass is 79.9. The average molecular weight is 505 g/mol. The number of nitrogens with zero attached hydrogens (tertiary/aromatic N) is 2. The van der Waals surface area contributed by atoms with Gasteiger partial charge in [-0.1, -0.05) is 0 Å². The first-order valence-corrected chi connectivity index (χ1v) is 10.7. The third kappa shape index (κ3) is 3.39. The molecule has 0 aliphatic heterocycles. The summed E-state index contributed by atoms with van der Waals surface area (Å²) in [6, 6.07) is 3.24. The zero-order valence-corrected chi connectivity index (χ0v) is 19.1. The summed E-state index contributed by atoms with van der Waals surface area (Å²) in [5, 5.41) is 0.609. The number of aromatic nitrogens is 3. The van der Waals surface area contributed by atoms with Crippen LogP contribution < -0.4 is 15.2 Å². The number of hydrogen-bond donors (Lipinski definition) is 2. The number of carbonyl (C=O) groups excluding carboxylic acids is 2. The highest BCUT2D eigenvalue weighted by Gasteiger charge is 2.28. The van der Waals surface area contributed by atoms with Gasteiger partial charge in [0.15, 0.2) is 5.75 Å². The Morgan fingerprint density at radius 1 is 1.26 bits per heavy atom. The van der Waals surface area contributed by atoms with Crippen LogP contribution in [0.25, 0.3) is 32.5 Å². The number of rotatable bonds is 6. The summed E-state index contributed by atoms with van der Waals surface area (Å²) in [6.07, 6.45) is 1.61. The van der Waals surface area contributed by atoms with Crippen LogP contribution in [0.1, 0.15) is 27.0 Å². The van der Waals surface area contributed by atoms with E-state index in [1.54, 1.807) is 25.3 Å². The molecule has 0 atom stereocenters. The number of amides is 1. The number of fused-ring (bicyclic) bond motifs is 2. The van der Waals surface area contributed by atoms with Crippen LogP contribution in [0, 0.1) is 0 Å². The van der Waals surface area contributed by atoms with Gasteiger partial charge in [-0.05, 0) is 35.0 Å². The Bertz CT molecular complexity index is 1350. The van der Waals surface area contributed by atoms with Crippen LogP contribution in [-0.4, -0.2) is 47.7 Å². The number of thiophene rings is 1. The van der Waals surface area contributed by atoms with E-state index in [2.05, 4.69) is 30.9 Å². The van der Waals surface area contributed by atoms with Crippen molar-refractivity contribution in [1.82, 2.24) is 15.0 Å². The lowest BCUT2D eigenvalue weighted by atomic mass is 10.1. The van der Waals surface area contributed by atoms with Gasteiger partial charge in [-0.2, -0.15) is 0 Å². The summed E-state index contributed by atoms with van der Waals surface area (Å²) in [6.45, 7) is 1.96. The van der Waals surface area contributed by atoms with Gasteiger partial charge >= 0.3 is 5.97 Å². The molecule has 0 fully saturated rings.